The van der Waals surface area contributed by atoms with E-state index in [9.17, 15) is 19.8 Å². The van der Waals surface area contributed by atoms with Crippen LogP contribution < -0.4 is 10.2 Å². The SMILES string of the molecule is O=C([O-])[C@@H]1[C@H](C(=O)[O-])[C@@H]2C=C[C@H]1C2. The predicted molar refractivity (Wildman–Crippen MR) is 37.7 cm³/mol. The Balaban J connectivity index is 2.30. The molecule has 2 aliphatic rings. The Morgan fingerprint density at radius 1 is 1.00 bits per heavy atom. The molecule has 0 heterocycles. The fourth-order valence-electron chi connectivity index (χ4n) is 2.46. The van der Waals surface area contributed by atoms with E-state index in [4.69, 9.17) is 0 Å². The van der Waals surface area contributed by atoms with Gasteiger partial charge in [-0.2, -0.15) is 0 Å². The number of carboxylic acids is 2. The highest BCUT2D eigenvalue weighted by atomic mass is 16.4. The smallest absolute Gasteiger partial charge is 0.0457 e. The van der Waals surface area contributed by atoms with Crippen molar-refractivity contribution in [1.82, 2.24) is 0 Å². The minimum atomic E-state index is -1.27. The normalized spacial score (nSPS) is 40.9. The van der Waals surface area contributed by atoms with Crippen molar-refractivity contribution in [3.63, 3.8) is 0 Å². The molecule has 4 atom stereocenters. The van der Waals surface area contributed by atoms with E-state index in [1.807, 2.05) is 0 Å². The van der Waals surface area contributed by atoms with Gasteiger partial charge in [0.15, 0.2) is 0 Å². The summed E-state index contributed by atoms with van der Waals surface area (Å²) in [5.41, 5.74) is 0. The molecule has 0 aromatic rings. The molecule has 0 radical (unpaired) electrons. The maximum atomic E-state index is 10.7. The van der Waals surface area contributed by atoms with E-state index in [2.05, 4.69) is 0 Å². The van der Waals surface area contributed by atoms with Gasteiger partial charge in [0.05, 0.1) is 0 Å². The van der Waals surface area contributed by atoms with Gasteiger partial charge in [-0.1, -0.05) is 12.2 Å². The van der Waals surface area contributed by atoms with Crippen molar-refractivity contribution in [1.29, 1.82) is 0 Å². The van der Waals surface area contributed by atoms with Crippen molar-refractivity contribution in [2.75, 3.05) is 0 Å². The largest absolute Gasteiger partial charge is 0.550 e. The molecule has 0 unspecified atom stereocenters. The van der Waals surface area contributed by atoms with Crippen LogP contribution in [0, 0.1) is 23.7 Å². The highest BCUT2D eigenvalue weighted by Gasteiger charge is 2.45. The minimum Gasteiger partial charge on any atom is -0.550 e. The molecule has 1 saturated carbocycles. The van der Waals surface area contributed by atoms with E-state index in [1.165, 1.54) is 0 Å². The lowest BCUT2D eigenvalue weighted by Gasteiger charge is -2.29. The van der Waals surface area contributed by atoms with Gasteiger partial charge in [-0.3, -0.25) is 0 Å². The van der Waals surface area contributed by atoms with Crippen molar-refractivity contribution < 1.29 is 19.8 Å². The van der Waals surface area contributed by atoms with E-state index >= 15 is 0 Å². The lowest BCUT2D eigenvalue weighted by Crippen LogP contribution is -2.45. The quantitative estimate of drug-likeness (QED) is 0.457. The third kappa shape index (κ3) is 1.05. The van der Waals surface area contributed by atoms with Crippen molar-refractivity contribution >= 4 is 11.9 Å². The van der Waals surface area contributed by atoms with Gasteiger partial charge in [0.25, 0.3) is 0 Å². The van der Waals surface area contributed by atoms with Crippen molar-refractivity contribution in [2.45, 2.75) is 6.42 Å². The minimum absolute atomic E-state index is 0.169. The molecule has 1 fully saturated rings. The second-order valence-electron chi connectivity index (χ2n) is 3.64. The second kappa shape index (κ2) is 2.58. The average molecular weight is 180 g/mol. The molecule has 0 aliphatic heterocycles. The van der Waals surface area contributed by atoms with Gasteiger partial charge in [0, 0.05) is 23.8 Å². The monoisotopic (exact) mass is 180 g/mol. The van der Waals surface area contributed by atoms with Crippen LogP contribution in [0.2, 0.25) is 0 Å². The molecule has 2 bridgehead atoms. The molecule has 13 heavy (non-hydrogen) atoms. The van der Waals surface area contributed by atoms with Crippen LogP contribution in [0.1, 0.15) is 6.42 Å². The molecule has 0 amide bonds. The zero-order chi connectivity index (χ0) is 9.59. The van der Waals surface area contributed by atoms with Crippen LogP contribution in [0.25, 0.3) is 0 Å². The van der Waals surface area contributed by atoms with Crippen molar-refractivity contribution in [3.05, 3.63) is 12.2 Å². The van der Waals surface area contributed by atoms with Crippen LogP contribution in [-0.2, 0) is 9.59 Å². The molecular weight excluding hydrogens is 172 g/mol. The Bertz CT molecular complexity index is 266. The Morgan fingerprint density at radius 2 is 1.38 bits per heavy atom. The topological polar surface area (TPSA) is 80.3 Å². The van der Waals surface area contributed by atoms with Gasteiger partial charge in [0.2, 0.25) is 0 Å². The van der Waals surface area contributed by atoms with Gasteiger partial charge in [-0.25, -0.2) is 0 Å². The number of hydrogen-bond donors (Lipinski definition) is 0. The first-order valence-electron chi connectivity index (χ1n) is 4.21. The van der Waals surface area contributed by atoms with Crippen molar-refractivity contribution in [2.24, 2.45) is 23.7 Å². The van der Waals surface area contributed by atoms with E-state index in [0.717, 1.165) is 0 Å². The number of rotatable bonds is 2. The highest BCUT2D eigenvalue weighted by molar-refractivity contribution is 5.80. The van der Waals surface area contributed by atoms with Crippen LogP contribution >= 0.6 is 0 Å². The summed E-state index contributed by atoms with van der Waals surface area (Å²) < 4.78 is 0. The highest BCUT2D eigenvalue weighted by Crippen LogP contribution is 2.47. The number of fused-ring (bicyclic) bond motifs is 2. The number of hydrogen-bond acceptors (Lipinski definition) is 4. The van der Waals surface area contributed by atoms with E-state index in [0.29, 0.717) is 6.42 Å². The number of carbonyl (C=O) groups excluding carboxylic acids is 2. The fourth-order valence-corrected chi connectivity index (χ4v) is 2.46. The molecule has 0 spiro atoms. The number of carbonyl (C=O) groups is 2. The lowest BCUT2D eigenvalue weighted by molar-refractivity contribution is -0.327. The van der Waals surface area contributed by atoms with Gasteiger partial charge in [-0.15, -0.1) is 0 Å². The first kappa shape index (κ1) is 8.29. The summed E-state index contributed by atoms with van der Waals surface area (Å²) in [4.78, 5) is 21.3. The summed E-state index contributed by atoms with van der Waals surface area (Å²) in [7, 11) is 0. The zero-order valence-corrected chi connectivity index (χ0v) is 6.80. The summed E-state index contributed by atoms with van der Waals surface area (Å²) in [6, 6.07) is 0. The Hall–Kier alpha value is -1.32. The van der Waals surface area contributed by atoms with E-state index < -0.39 is 23.8 Å². The lowest BCUT2D eigenvalue weighted by atomic mass is 9.83. The third-order valence-electron chi connectivity index (χ3n) is 3.00. The molecule has 0 saturated heterocycles. The summed E-state index contributed by atoms with van der Waals surface area (Å²) in [6.07, 6.45) is 4.15. The zero-order valence-electron chi connectivity index (χ0n) is 6.80. The van der Waals surface area contributed by atoms with Crippen molar-refractivity contribution in [3.8, 4) is 0 Å². The van der Waals surface area contributed by atoms with Gasteiger partial charge in [-0.05, 0) is 18.3 Å². The van der Waals surface area contributed by atoms with Gasteiger partial charge < -0.3 is 19.8 Å². The maximum Gasteiger partial charge on any atom is 0.0457 e. The molecular formula is C9H8O4-2. The Kier molecular flexibility index (Phi) is 1.65. The average Bonchev–Trinajstić information content (AvgIpc) is 2.60. The number of aliphatic carboxylic acids is 2. The molecule has 2 rings (SSSR count). The summed E-state index contributed by atoms with van der Waals surface area (Å²) in [5.74, 6) is -4.66. The van der Waals surface area contributed by atoms with Crippen LogP contribution in [-0.4, -0.2) is 11.9 Å². The summed E-state index contributed by atoms with van der Waals surface area (Å²) in [5, 5.41) is 21.3. The standard InChI is InChI=1S/C9H10O4/c10-8(11)6-4-1-2-5(3-4)7(6)9(12)13/h1-2,4-7H,3H2,(H,10,11)(H,12,13)/p-2/t4-,5+,6-,7+. The molecule has 70 valence electrons. The predicted octanol–water partition coefficient (Wildman–Crippen LogP) is -2.08. The van der Waals surface area contributed by atoms with Crippen LogP contribution in [0.3, 0.4) is 0 Å². The molecule has 2 aliphatic carbocycles. The number of allylic oxidation sites excluding steroid dienone is 2. The third-order valence-corrected chi connectivity index (χ3v) is 3.00. The molecule has 0 aromatic carbocycles. The van der Waals surface area contributed by atoms with Crippen LogP contribution in [0.5, 0.6) is 0 Å². The number of carboxylic acid groups (broad SMARTS) is 2. The van der Waals surface area contributed by atoms with Gasteiger partial charge in [0.1, 0.15) is 0 Å². The maximum absolute atomic E-state index is 10.7. The molecule has 4 heteroatoms. The van der Waals surface area contributed by atoms with Gasteiger partial charge >= 0.3 is 0 Å². The van der Waals surface area contributed by atoms with E-state index in [-0.39, 0.29) is 11.8 Å². The second-order valence-corrected chi connectivity index (χ2v) is 3.64. The molecule has 0 N–H and O–H groups in total. The first-order valence-corrected chi connectivity index (χ1v) is 4.21. The summed E-state index contributed by atoms with van der Waals surface area (Å²) in [6.45, 7) is 0. The summed E-state index contributed by atoms with van der Waals surface area (Å²) >= 11 is 0. The van der Waals surface area contributed by atoms with E-state index in [1.54, 1.807) is 12.2 Å². The fraction of sp³-hybridized carbons (Fsp3) is 0.556. The molecule has 0 aromatic heterocycles. The van der Waals surface area contributed by atoms with Crippen LogP contribution in [0.15, 0.2) is 12.2 Å². The van der Waals surface area contributed by atoms with Crippen LogP contribution in [0.4, 0.5) is 0 Å². The molecule has 4 nitrogen and oxygen atoms in total. The first-order chi connectivity index (χ1) is 6.11. The Labute approximate surface area is 74.9 Å². The Morgan fingerprint density at radius 3 is 1.69 bits per heavy atom.